The molecule has 5 heteroatoms. The maximum atomic E-state index is 10.9. The van der Waals surface area contributed by atoms with Crippen LogP contribution in [0.5, 0.6) is 11.5 Å². The molecule has 0 radical (unpaired) electrons. The highest BCUT2D eigenvalue weighted by molar-refractivity contribution is 5.91. The third kappa shape index (κ3) is 2.64. The number of hydrogen-bond donors (Lipinski definition) is 3. The van der Waals surface area contributed by atoms with Gasteiger partial charge in [-0.25, -0.2) is 4.79 Å². The largest absolute Gasteiger partial charge is 0.508 e. The molecule has 1 aromatic rings. The van der Waals surface area contributed by atoms with Gasteiger partial charge in [0, 0.05) is 6.07 Å². The van der Waals surface area contributed by atoms with E-state index in [-0.39, 0.29) is 17.1 Å². The van der Waals surface area contributed by atoms with Crippen LogP contribution in [0.4, 0.5) is 0 Å². The predicted molar refractivity (Wildman–Crippen MR) is 59.2 cm³/mol. The highest BCUT2D eigenvalue weighted by Gasteiger charge is 2.14. The number of nitrogens with one attached hydrogen (secondary N) is 1. The van der Waals surface area contributed by atoms with Crippen molar-refractivity contribution < 1.29 is 19.7 Å². The quantitative estimate of drug-likeness (QED) is 0.692. The number of carboxylic acid groups (broad SMARTS) is 1. The van der Waals surface area contributed by atoms with Crippen LogP contribution in [0.25, 0.3) is 0 Å². The van der Waals surface area contributed by atoms with Crippen LogP contribution in [0.15, 0.2) is 12.1 Å². The van der Waals surface area contributed by atoms with Crippen LogP contribution in [-0.4, -0.2) is 36.9 Å². The van der Waals surface area contributed by atoms with E-state index in [2.05, 4.69) is 5.32 Å². The standard InChI is InChI=1S/C11H15NO4/c1-12-4-3-7-5-8(11(14)15)10(16-2)6-9(7)13/h5-6,12-13H,3-4H2,1-2H3,(H,14,15). The minimum atomic E-state index is -1.07. The van der Waals surface area contributed by atoms with E-state index in [1.807, 2.05) is 0 Å². The van der Waals surface area contributed by atoms with Crippen molar-refractivity contribution in [3.05, 3.63) is 23.3 Å². The summed E-state index contributed by atoms with van der Waals surface area (Å²) in [5.74, 6) is -0.849. The number of ether oxygens (including phenoxy) is 1. The Morgan fingerprint density at radius 2 is 2.19 bits per heavy atom. The molecule has 0 spiro atoms. The van der Waals surface area contributed by atoms with E-state index >= 15 is 0 Å². The van der Waals surface area contributed by atoms with E-state index in [1.165, 1.54) is 19.2 Å². The van der Waals surface area contributed by atoms with Crippen molar-refractivity contribution >= 4 is 5.97 Å². The minimum Gasteiger partial charge on any atom is -0.508 e. The van der Waals surface area contributed by atoms with Gasteiger partial charge in [-0.2, -0.15) is 0 Å². The van der Waals surface area contributed by atoms with Crippen molar-refractivity contribution in [3.8, 4) is 11.5 Å². The van der Waals surface area contributed by atoms with E-state index in [0.29, 0.717) is 18.5 Å². The first-order valence-electron chi connectivity index (χ1n) is 4.88. The summed E-state index contributed by atoms with van der Waals surface area (Å²) in [6.45, 7) is 0.666. The number of aromatic hydroxyl groups is 1. The van der Waals surface area contributed by atoms with E-state index < -0.39 is 5.97 Å². The van der Waals surface area contributed by atoms with Crippen molar-refractivity contribution in [2.24, 2.45) is 0 Å². The maximum absolute atomic E-state index is 10.9. The molecule has 0 atom stereocenters. The zero-order valence-corrected chi connectivity index (χ0v) is 9.28. The van der Waals surface area contributed by atoms with E-state index in [0.717, 1.165) is 0 Å². The van der Waals surface area contributed by atoms with Crippen LogP contribution in [0.3, 0.4) is 0 Å². The van der Waals surface area contributed by atoms with E-state index in [9.17, 15) is 9.90 Å². The van der Waals surface area contributed by atoms with Gasteiger partial charge in [0.2, 0.25) is 0 Å². The Morgan fingerprint density at radius 1 is 1.50 bits per heavy atom. The van der Waals surface area contributed by atoms with Crippen LogP contribution in [0, 0.1) is 0 Å². The van der Waals surface area contributed by atoms with Crippen molar-refractivity contribution in [1.29, 1.82) is 0 Å². The molecule has 0 aliphatic carbocycles. The van der Waals surface area contributed by atoms with Crippen LogP contribution in [0.1, 0.15) is 15.9 Å². The fourth-order valence-corrected chi connectivity index (χ4v) is 1.41. The van der Waals surface area contributed by atoms with Gasteiger partial charge in [0.15, 0.2) is 0 Å². The van der Waals surface area contributed by atoms with Crippen molar-refractivity contribution in [2.45, 2.75) is 6.42 Å². The first-order chi connectivity index (χ1) is 7.60. The van der Waals surface area contributed by atoms with Gasteiger partial charge in [-0.15, -0.1) is 0 Å². The zero-order chi connectivity index (χ0) is 12.1. The Bertz CT molecular complexity index is 390. The fraction of sp³-hybridized carbons (Fsp3) is 0.364. The Hall–Kier alpha value is -1.75. The van der Waals surface area contributed by atoms with Gasteiger partial charge in [-0.05, 0) is 31.6 Å². The summed E-state index contributed by atoms with van der Waals surface area (Å²) in [6.07, 6.45) is 0.562. The highest BCUT2D eigenvalue weighted by Crippen LogP contribution is 2.28. The predicted octanol–water partition coefficient (Wildman–Crippen LogP) is 0.861. The Morgan fingerprint density at radius 3 is 2.69 bits per heavy atom. The lowest BCUT2D eigenvalue weighted by atomic mass is 10.1. The average Bonchev–Trinajstić information content (AvgIpc) is 2.26. The van der Waals surface area contributed by atoms with Crippen molar-refractivity contribution in [2.75, 3.05) is 20.7 Å². The topological polar surface area (TPSA) is 78.8 Å². The fourth-order valence-electron chi connectivity index (χ4n) is 1.41. The second-order valence-electron chi connectivity index (χ2n) is 3.34. The lowest BCUT2D eigenvalue weighted by Crippen LogP contribution is -2.11. The molecule has 0 fully saturated rings. The molecule has 0 unspecified atom stereocenters. The number of carbonyl (C=O) groups is 1. The van der Waals surface area contributed by atoms with Crippen molar-refractivity contribution in [1.82, 2.24) is 5.32 Å². The molecule has 0 aromatic heterocycles. The molecule has 1 aromatic carbocycles. The molecule has 0 bridgehead atoms. The number of rotatable bonds is 5. The summed E-state index contributed by atoms with van der Waals surface area (Å²) in [4.78, 5) is 10.9. The van der Waals surface area contributed by atoms with Gasteiger partial charge in [0.1, 0.15) is 17.1 Å². The number of hydrogen-bond acceptors (Lipinski definition) is 4. The molecule has 88 valence electrons. The average molecular weight is 225 g/mol. The molecule has 16 heavy (non-hydrogen) atoms. The molecule has 0 aliphatic rings. The van der Waals surface area contributed by atoms with E-state index in [1.54, 1.807) is 7.05 Å². The Labute approximate surface area is 93.7 Å². The van der Waals surface area contributed by atoms with Crippen LogP contribution < -0.4 is 10.1 Å². The summed E-state index contributed by atoms with van der Waals surface area (Å²) in [6, 6.07) is 2.77. The Balaban J connectivity index is 3.11. The Kier molecular flexibility index (Phi) is 4.13. The number of likely N-dealkylation sites (N-methyl/N-ethyl adjacent to an activating group) is 1. The summed E-state index contributed by atoms with van der Waals surface area (Å²) < 4.78 is 4.89. The normalized spacial score (nSPS) is 10.1. The van der Waals surface area contributed by atoms with Gasteiger partial charge in [0.05, 0.1) is 7.11 Å². The molecule has 0 saturated carbocycles. The number of carboxylic acids is 1. The highest BCUT2D eigenvalue weighted by atomic mass is 16.5. The molecule has 5 nitrogen and oxygen atoms in total. The monoisotopic (exact) mass is 225 g/mol. The third-order valence-corrected chi connectivity index (χ3v) is 2.28. The number of phenolic OH excluding ortho intramolecular Hbond substituents is 1. The third-order valence-electron chi connectivity index (χ3n) is 2.28. The van der Waals surface area contributed by atoms with Crippen LogP contribution in [-0.2, 0) is 6.42 Å². The summed E-state index contributed by atoms with van der Waals surface area (Å²) in [7, 11) is 3.16. The summed E-state index contributed by atoms with van der Waals surface area (Å²) >= 11 is 0. The smallest absolute Gasteiger partial charge is 0.339 e. The summed E-state index contributed by atoms with van der Waals surface area (Å²) in [5.41, 5.74) is 0.652. The lowest BCUT2D eigenvalue weighted by molar-refractivity contribution is 0.0693. The van der Waals surface area contributed by atoms with Gasteiger partial charge in [0.25, 0.3) is 0 Å². The second kappa shape index (κ2) is 5.37. The molecule has 0 amide bonds. The molecular formula is C11H15NO4. The van der Waals surface area contributed by atoms with Crippen LogP contribution >= 0.6 is 0 Å². The van der Waals surface area contributed by atoms with Gasteiger partial charge in [-0.1, -0.05) is 0 Å². The number of phenols is 1. The SMILES string of the molecule is CNCCc1cc(C(=O)O)c(OC)cc1O. The van der Waals surface area contributed by atoms with Gasteiger partial charge >= 0.3 is 5.97 Å². The van der Waals surface area contributed by atoms with Gasteiger partial charge in [-0.3, -0.25) is 0 Å². The molecular weight excluding hydrogens is 210 g/mol. The first kappa shape index (κ1) is 12.3. The van der Waals surface area contributed by atoms with Gasteiger partial charge < -0.3 is 20.3 Å². The number of benzene rings is 1. The summed E-state index contributed by atoms with van der Waals surface area (Å²) in [5, 5.41) is 21.5. The maximum Gasteiger partial charge on any atom is 0.339 e. The minimum absolute atomic E-state index is 0.0529. The van der Waals surface area contributed by atoms with Crippen molar-refractivity contribution in [3.63, 3.8) is 0 Å². The number of aromatic carboxylic acids is 1. The first-order valence-corrected chi connectivity index (χ1v) is 4.88. The molecule has 3 N–H and O–H groups in total. The lowest BCUT2D eigenvalue weighted by Gasteiger charge is -2.10. The zero-order valence-electron chi connectivity index (χ0n) is 9.28. The number of methoxy groups -OCH3 is 1. The molecule has 0 heterocycles. The second-order valence-corrected chi connectivity index (χ2v) is 3.34. The molecule has 0 saturated heterocycles. The van der Waals surface area contributed by atoms with Crippen LogP contribution in [0.2, 0.25) is 0 Å². The molecule has 1 rings (SSSR count). The van der Waals surface area contributed by atoms with E-state index in [4.69, 9.17) is 9.84 Å². The molecule has 0 aliphatic heterocycles.